The molecule has 0 saturated carbocycles. The molecule has 6 aliphatic heterocycles. The summed E-state index contributed by atoms with van der Waals surface area (Å²) in [5.41, 5.74) is 0. The van der Waals surface area contributed by atoms with E-state index in [0.717, 1.165) is 13.8 Å². The number of aliphatic hydroxyl groups excluding tert-OH is 17. The second-order valence-corrected chi connectivity index (χ2v) is 18.3. The van der Waals surface area contributed by atoms with Crippen LogP contribution in [-0.2, 0) is 61.7 Å². The zero-order chi connectivity index (χ0) is 53.2. The molecule has 0 aliphatic carbocycles. The van der Waals surface area contributed by atoms with Crippen LogP contribution in [0.25, 0.3) is 0 Å². The van der Waals surface area contributed by atoms with Gasteiger partial charge in [0.1, 0.15) is 140 Å². The molecule has 0 aromatic carbocycles. The first-order chi connectivity index (χ1) is 34.0. The fourth-order valence-electron chi connectivity index (χ4n) is 9.16. The van der Waals surface area contributed by atoms with E-state index in [0.29, 0.717) is 0 Å². The Morgan fingerprint density at radius 3 is 1.42 bits per heavy atom. The van der Waals surface area contributed by atoms with Crippen LogP contribution in [0.4, 0.5) is 0 Å². The number of ether oxygens (including phenoxy) is 11. The van der Waals surface area contributed by atoms with Gasteiger partial charge in [0.15, 0.2) is 37.7 Å². The van der Waals surface area contributed by atoms with Crippen LogP contribution < -0.4 is 10.6 Å². The molecule has 0 aromatic rings. The van der Waals surface area contributed by atoms with Gasteiger partial charge in [-0.1, -0.05) is 0 Å². The maximum absolute atomic E-state index is 13.0. The Labute approximate surface area is 408 Å². The van der Waals surface area contributed by atoms with Gasteiger partial charge in [0, 0.05) is 13.8 Å². The summed E-state index contributed by atoms with van der Waals surface area (Å²) in [5.74, 6) is -1.63. The van der Waals surface area contributed by atoms with Gasteiger partial charge >= 0.3 is 0 Å². The molecule has 32 heteroatoms. The van der Waals surface area contributed by atoms with Crippen molar-refractivity contribution in [1.82, 2.24) is 10.6 Å². The predicted octanol–water partition coefficient (Wildman–Crippen LogP) is -12.8. The third-order valence-electron chi connectivity index (χ3n) is 13.2. The average Bonchev–Trinajstić information content (AvgIpc) is 3.34. The topological polar surface area (TPSA) is 504 Å². The molecule has 32 nitrogen and oxygen atoms in total. The van der Waals surface area contributed by atoms with Gasteiger partial charge < -0.3 is 150 Å². The molecule has 0 bridgehead atoms. The highest BCUT2D eigenvalue weighted by Gasteiger charge is 2.57. The minimum atomic E-state index is -2.21. The Morgan fingerprint density at radius 2 is 0.833 bits per heavy atom. The number of rotatable bonds is 17. The summed E-state index contributed by atoms with van der Waals surface area (Å²) < 4.78 is 64.0. The Balaban J connectivity index is 1.35. The van der Waals surface area contributed by atoms with Crippen molar-refractivity contribution in [2.24, 2.45) is 0 Å². The number of hydrogen-bond acceptors (Lipinski definition) is 30. The van der Waals surface area contributed by atoms with E-state index in [-0.39, 0.29) is 0 Å². The van der Waals surface area contributed by atoms with Crippen LogP contribution in [-0.4, -0.2) is 316 Å². The maximum Gasteiger partial charge on any atom is 0.217 e. The first-order valence-electron chi connectivity index (χ1n) is 23.0. The van der Waals surface area contributed by atoms with Crippen LogP contribution in [0.15, 0.2) is 0 Å². The molecule has 0 spiro atoms. The summed E-state index contributed by atoms with van der Waals surface area (Å²) in [4.78, 5) is 25.2. The van der Waals surface area contributed by atoms with Gasteiger partial charge in [0.05, 0.1) is 39.1 Å². The van der Waals surface area contributed by atoms with Crippen molar-refractivity contribution in [3.8, 4) is 0 Å². The largest absolute Gasteiger partial charge is 0.394 e. The summed E-state index contributed by atoms with van der Waals surface area (Å²) in [5, 5.41) is 186. The van der Waals surface area contributed by atoms with E-state index in [2.05, 4.69) is 10.6 Å². The zero-order valence-corrected chi connectivity index (χ0v) is 38.8. The van der Waals surface area contributed by atoms with Crippen molar-refractivity contribution < 1.29 is 149 Å². The smallest absolute Gasteiger partial charge is 0.217 e. The molecular formula is C40H68N2O30. The highest BCUT2D eigenvalue weighted by molar-refractivity contribution is 5.73. The van der Waals surface area contributed by atoms with Crippen molar-refractivity contribution in [1.29, 1.82) is 0 Å². The lowest BCUT2D eigenvalue weighted by atomic mass is 9.94. The fraction of sp³-hybridized carbons (Fsp3) is 0.950. The monoisotopic (exact) mass is 1060 g/mol. The SMILES string of the molecule is CC(=O)N[C@H]1[C@H](O[C@H]2[C@@H](O)[C@@H](CO[C@@H]3O[C@H](CO)[C@@H](O[C@@H]4O[C@H](CO)[C@H](O)[C@H](O)[C@H]4O)[C@H](O[C@@H]4O[C@@H](C)[C@@H](O)[C@@H](O)[C@@H]4O)[C@H]3NC(C)=O)O[C@@H](O[C@H]3[C@H](O)[C@@H](O)C(O)O[C@@H]3CO)[C@@H]2O)O[C@H](CO)[C@@H](O)[C@@H]1O. The number of nitrogens with one attached hydrogen (secondary N) is 2. The van der Waals surface area contributed by atoms with Crippen molar-refractivity contribution in [3.05, 3.63) is 0 Å². The molecule has 0 radical (unpaired) electrons. The Bertz CT molecular complexity index is 1730. The minimum absolute atomic E-state index is 0.785. The molecule has 2 amide bonds. The van der Waals surface area contributed by atoms with Crippen molar-refractivity contribution >= 4 is 11.8 Å². The summed E-state index contributed by atoms with van der Waals surface area (Å²) in [6.45, 7) is -1.39. The van der Waals surface area contributed by atoms with Crippen molar-refractivity contribution in [2.45, 2.75) is 205 Å². The van der Waals surface area contributed by atoms with Crippen LogP contribution >= 0.6 is 0 Å². The van der Waals surface area contributed by atoms with E-state index in [1.165, 1.54) is 6.92 Å². The first kappa shape index (κ1) is 59.1. The first-order valence-corrected chi connectivity index (χ1v) is 23.0. The second kappa shape index (κ2) is 25.3. The fourth-order valence-corrected chi connectivity index (χ4v) is 9.16. The van der Waals surface area contributed by atoms with Gasteiger partial charge in [-0.15, -0.1) is 0 Å². The third-order valence-corrected chi connectivity index (χ3v) is 13.2. The molecule has 6 saturated heterocycles. The van der Waals surface area contributed by atoms with Crippen LogP contribution in [0.1, 0.15) is 20.8 Å². The number of carbonyl (C=O) groups excluding carboxylic acids is 2. The number of amides is 2. The Morgan fingerprint density at radius 1 is 0.389 bits per heavy atom. The number of aliphatic hydroxyl groups is 17. The van der Waals surface area contributed by atoms with Gasteiger partial charge in [0.2, 0.25) is 11.8 Å². The van der Waals surface area contributed by atoms with Crippen molar-refractivity contribution in [2.75, 3.05) is 33.0 Å². The molecule has 6 aliphatic rings. The van der Waals surface area contributed by atoms with Crippen LogP contribution in [0.3, 0.4) is 0 Å². The Kier molecular flexibility index (Phi) is 20.8. The molecule has 72 heavy (non-hydrogen) atoms. The van der Waals surface area contributed by atoms with E-state index in [9.17, 15) is 96.4 Å². The van der Waals surface area contributed by atoms with Gasteiger partial charge in [-0.3, -0.25) is 9.59 Å². The van der Waals surface area contributed by atoms with E-state index < -0.39 is 229 Å². The molecule has 30 atom stereocenters. The summed E-state index contributed by atoms with van der Waals surface area (Å²) in [6, 6.07) is -3.38. The highest BCUT2D eigenvalue weighted by atomic mass is 16.8. The number of hydrogen-bond donors (Lipinski definition) is 19. The normalized spacial score (nSPS) is 50.3. The lowest BCUT2D eigenvalue weighted by molar-refractivity contribution is -0.384. The lowest BCUT2D eigenvalue weighted by Crippen LogP contribution is -2.70. The van der Waals surface area contributed by atoms with Crippen LogP contribution in [0.2, 0.25) is 0 Å². The molecule has 6 heterocycles. The highest BCUT2D eigenvalue weighted by Crippen LogP contribution is 2.37. The van der Waals surface area contributed by atoms with Crippen molar-refractivity contribution in [3.63, 3.8) is 0 Å². The second-order valence-electron chi connectivity index (χ2n) is 18.3. The van der Waals surface area contributed by atoms with E-state index in [4.69, 9.17) is 52.1 Å². The van der Waals surface area contributed by atoms with Gasteiger partial charge in [-0.05, 0) is 6.92 Å². The molecular weight excluding hydrogens is 988 g/mol. The molecule has 0 aromatic heterocycles. The molecule has 6 fully saturated rings. The summed E-state index contributed by atoms with van der Waals surface area (Å²) in [6.07, 6.45) is -52.4. The van der Waals surface area contributed by atoms with E-state index in [1.54, 1.807) is 0 Å². The standard InChI is InChI=1S/C40H68N2O30/c1-9-19(49)24(54)28(58)38(63-9)71-33-18(42-11(3)48)36(67-15(7-46)32(33)70-39-29(59)25(55)21(51)13(5-44)66-39)62-8-16-22(52)34(72-37-17(41-10(2)47)23(53)20(50)12(4-43)65-37)30(60)40(68-16)69-31-14(6-45)64-35(61)27(57)26(31)56/h9,12-40,43-46,49-61H,4-8H2,1-3H3,(H,41,47)(H,42,48)/t9-,12+,13+,14+,15+,16+,17+,18+,19+,20+,21-,22-,23+,24+,25-,26+,27+,28-,29+,30+,31+,32+,33+,34-,35?,36+,37-,38-,39-,40-/m0/s1. The molecule has 1 unspecified atom stereocenters. The molecule has 19 N–H and O–H groups in total. The quantitative estimate of drug-likeness (QED) is 0.0643. The van der Waals surface area contributed by atoms with Crippen LogP contribution in [0, 0.1) is 0 Å². The zero-order valence-electron chi connectivity index (χ0n) is 38.8. The predicted molar refractivity (Wildman–Crippen MR) is 221 cm³/mol. The third kappa shape index (κ3) is 12.6. The number of carbonyl (C=O) groups is 2. The molecule has 6 rings (SSSR count). The summed E-state index contributed by atoms with van der Waals surface area (Å²) >= 11 is 0. The van der Waals surface area contributed by atoms with Gasteiger partial charge in [-0.2, -0.15) is 0 Å². The lowest BCUT2D eigenvalue weighted by Gasteiger charge is -2.50. The summed E-state index contributed by atoms with van der Waals surface area (Å²) in [7, 11) is 0. The maximum atomic E-state index is 13.0. The van der Waals surface area contributed by atoms with Gasteiger partial charge in [0.25, 0.3) is 0 Å². The van der Waals surface area contributed by atoms with Gasteiger partial charge in [-0.25, -0.2) is 0 Å². The van der Waals surface area contributed by atoms with Crippen LogP contribution in [0.5, 0.6) is 0 Å². The van der Waals surface area contributed by atoms with E-state index >= 15 is 0 Å². The average molecular weight is 1060 g/mol. The molecule has 418 valence electrons. The Hall–Kier alpha value is -2.18. The van der Waals surface area contributed by atoms with E-state index in [1.807, 2.05) is 0 Å². The minimum Gasteiger partial charge on any atom is -0.394 e.